The largest absolute Gasteiger partial charge is 0.394 e. The number of methoxy groups -OCH3 is 1. The molecule has 0 spiro atoms. The summed E-state index contributed by atoms with van der Waals surface area (Å²) in [6.45, 7) is 4.57. The van der Waals surface area contributed by atoms with E-state index in [0.717, 1.165) is 24.1 Å². The van der Waals surface area contributed by atoms with E-state index in [0.29, 0.717) is 13.0 Å². The summed E-state index contributed by atoms with van der Waals surface area (Å²) in [5, 5.41) is 14.9. The van der Waals surface area contributed by atoms with E-state index in [4.69, 9.17) is 4.74 Å². The Labute approximate surface area is 126 Å². The van der Waals surface area contributed by atoms with Gasteiger partial charge in [0.05, 0.1) is 12.6 Å². The van der Waals surface area contributed by atoms with Crippen LogP contribution >= 0.6 is 0 Å². The molecule has 0 aromatic heterocycles. The smallest absolute Gasteiger partial charge is 0.319 e. The number of aliphatic hydroxyl groups is 1. The third-order valence-electron chi connectivity index (χ3n) is 3.48. The van der Waals surface area contributed by atoms with Crippen molar-refractivity contribution in [3.05, 3.63) is 29.3 Å². The lowest BCUT2D eigenvalue weighted by molar-refractivity contribution is 0.161. The van der Waals surface area contributed by atoms with Crippen molar-refractivity contribution in [3.8, 4) is 0 Å². The number of amides is 2. The molecule has 21 heavy (non-hydrogen) atoms. The first-order valence-corrected chi connectivity index (χ1v) is 7.44. The Hall–Kier alpha value is -1.59. The molecule has 3 N–H and O–H groups in total. The maximum absolute atomic E-state index is 12.0. The molecule has 5 heteroatoms. The van der Waals surface area contributed by atoms with Crippen molar-refractivity contribution in [2.75, 3.05) is 25.6 Å². The van der Waals surface area contributed by atoms with Gasteiger partial charge < -0.3 is 20.5 Å². The summed E-state index contributed by atoms with van der Waals surface area (Å²) in [5.41, 5.74) is 3.23. The Morgan fingerprint density at radius 1 is 1.33 bits per heavy atom. The zero-order chi connectivity index (χ0) is 15.7. The van der Waals surface area contributed by atoms with E-state index >= 15 is 0 Å². The van der Waals surface area contributed by atoms with Crippen molar-refractivity contribution in [1.82, 2.24) is 5.32 Å². The highest BCUT2D eigenvalue weighted by Crippen LogP contribution is 2.21. The Kier molecular flexibility index (Phi) is 7.79. The maximum Gasteiger partial charge on any atom is 0.319 e. The second kappa shape index (κ2) is 9.37. The van der Waals surface area contributed by atoms with E-state index in [1.165, 1.54) is 5.56 Å². The number of aryl methyl sites for hydroxylation is 1. The molecule has 5 nitrogen and oxygen atoms in total. The summed E-state index contributed by atoms with van der Waals surface area (Å²) in [6, 6.07) is 5.33. The molecule has 118 valence electrons. The van der Waals surface area contributed by atoms with Gasteiger partial charge in [-0.2, -0.15) is 0 Å². The minimum Gasteiger partial charge on any atom is -0.394 e. The molecule has 0 radical (unpaired) electrons. The fourth-order valence-electron chi connectivity index (χ4n) is 2.31. The van der Waals surface area contributed by atoms with Gasteiger partial charge in [-0.3, -0.25) is 0 Å². The van der Waals surface area contributed by atoms with Crippen LogP contribution in [0, 0.1) is 0 Å². The predicted molar refractivity (Wildman–Crippen MR) is 84.7 cm³/mol. The first kappa shape index (κ1) is 17.5. The summed E-state index contributed by atoms with van der Waals surface area (Å²) in [6.07, 6.45) is 2.39. The Morgan fingerprint density at radius 3 is 2.67 bits per heavy atom. The van der Waals surface area contributed by atoms with Crippen LogP contribution in [0.2, 0.25) is 0 Å². The number of urea groups is 1. The lowest BCUT2D eigenvalue weighted by atomic mass is 10.0. The number of aliphatic hydroxyl groups excluding tert-OH is 1. The fourth-order valence-corrected chi connectivity index (χ4v) is 2.31. The van der Waals surface area contributed by atoms with Gasteiger partial charge in [0.25, 0.3) is 0 Å². The Bertz CT molecular complexity index is 449. The van der Waals surface area contributed by atoms with Crippen molar-refractivity contribution >= 4 is 11.7 Å². The van der Waals surface area contributed by atoms with Gasteiger partial charge >= 0.3 is 6.03 Å². The molecule has 0 aliphatic rings. The van der Waals surface area contributed by atoms with Crippen molar-refractivity contribution in [2.24, 2.45) is 0 Å². The molecule has 0 bridgehead atoms. The van der Waals surface area contributed by atoms with E-state index in [2.05, 4.69) is 30.5 Å². The molecule has 0 aliphatic carbocycles. The van der Waals surface area contributed by atoms with Gasteiger partial charge in [0.2, 0.25) is 0 Å². The number of carbonyl (C=O) groups excluding carboxylic acids is 1. The molecular weight excluding hydrogens is 268 g/mol. The molecule has 0 fully saturated rings. The zero-order valence-corrected chi connectivity index (χ0v) is 13.1. The molecule has 0 heterocycles. The number of nitrogens with one attached hydrogen (secondary N) is 2. The summed E-state index contributed by atoms with van der Waals surface area (Å²) in [7, 11) is 1.60. The zero-order valence-electron chi connectivity index (χ0n) is 13.1. The molecular formula is C16H26N2O3. The van der Waals surface area contributed by atoms with Gasteiger partial charge in [-0.25, -0.2) is 4.79 Å². The van der Waals surface area contributed by atoms with Gasteiger partial charge in [-0.15, -0.1) is 0 Å². The number of ether oxygens (including phenoxy) is 1. The van der Waals surface area contributed by atoms with Gasteiger partial charge in [0.1, 0.15) is 0 Å². The first-order valence-electron chi connectivity index (χ1n) is 7.44. The first-order chi connectivity index (χ1) is 10.2. The third kappa shape index (κ3) is 5.36. The third-order valence-corrected chi connectivity index (χ3v) is 3.48. The lowest BCUT2D eigenvalue weighted by Crippen LogP contribution is -2.41. The monoisotopic (exact) mass is 294 g/mol. The highest BCUT2D eigenvalue weighted by atomic mass is 16.5. The van der Waals surface area contributed by atoms with E-state index in [1.807, 2.05) is 12.1 Å². The van der Waals surface area contributed by atoms with E-state index in [9.17, 15) is 9.90 Å². The fraction of sp³-hybridized carbons (Fsp3) is 0.562. The average Bonchev–Trinajstić information content (AvgIpc) is 2.50. The minimum absolute atomic E-state index is 0.105. The topological polar surface area (TPSA) is 70.6 Å². The van der Waals surface area contributed by atoms with Crippen molar-refractivity contribution in [3.63, 3.8) is 0 Å². The Morgan fingerprint density at radius 2 is 2.10 bits per heavy atom. The predicted octanol–water partition coefficient (Wildman–Crippen LogP) is 2.33. The van der Waals surface area contributed by atoms with Gasteiger partial charge in [0.15, 0.2) is 0 Å². The SMILES string of the molecule is CCc1cccc(NC(=O)NC(CO)CCOC)c1CC. The highest BCUT2D eigenvalue weighted by molar-refractivity contribution is 5.90. The van der Waals surface area contributed by atoms with Crippen LogP contribution in [-0.4, -0.2) is 37.5 Å². The number of hydrogen-bond donors (Lipinski definition) is 3. The Balaban J connectivity index is 2.70. The molecule has 0 aliphatic heterocycles. The number of carbonyl (C=O) groups is 1. The van der Waals surface area contributed by atoms with Gasteiger partial charge in [-0.05, 0) is 36.5 Å². The maximum atomic E-state index is 12.0. The molecule has 0 saturated carbocycles. The number of benzene rings is 1. The van der Waals surface area contributed by atoms with E-state index in [-0.39, 0.29) is 18.7 Å². The molecule has 1 aromatic rings. The quantitative estimate of drug-likeness (QED) is 0.689. The van der Waals surface area contributed by atoms with Crippen molar-refractivity contribution < 1.29 is 14.6 Å². The summed E-state index contributed by atoms with van der Waals surface area (Å²) in [4.78, 5) is 12.0. The number of hydrogen-bond acceptors (Lipinski definition) is 3. The molecule has 1 atom stereocenters. The van der Waals surface area contributed by atoms with Crippen LogP contribution in [0.15, 0.2) is 18.2 Å². The van der Waals surface area contributed by atoms with Crippen molar-refractivity contribution in [2.45, 2.75) is 39.2 Å². The second-order valence-corrected chi connectivity index (χ2v) is 4.91. The molecule has 1 unspecified atom stereocenters. The molecule has 1 rings (SSSR count). The molecule has 0 saturated heterocycles. The lowest BCUT2D eigenvalue weighted by Gasteiger charge is -2.18. The van der Waals surface area contributed by atoms with Gasteiger partial charge in [0, 0.05) is 19.4 Å². The van der Waals surface area contributed by atoms with Crippen LogP contribution in [0.25, 0.3) is 0 Å². The summed E-state index contributed by atoms with van der Waals surface area (Å²) >= 11 is 0. The van der Waals surface area contributed by atoms with Crippen LogP contribution in [0.5, 0.6) is 0 Å². The summed E-state index contributed by atoms with van der Waals surface area (Å²) in [5.74, 6) is 0. The minimum atomic E-state index is -0.301. The van der Waals surface area contributed by atoms with Gasteiger partial charge in [-0.1, -0.05) is 26.0 Å². The van der Waals surface area contributed by atoms with Crippen LogP contribution < -0.4 is 10.6 Å². The average molecular weight is 294 g/mol. The van der Waals surface area contributed by atoms with E-state index < -0.39 is 0 Å². The highest BCUT2D eigenvalue weighted by Gasteiger charge is 2.13. The van der Waals surface area contributed by atoms with Crippen LogP contribution in [-0.2, 0) is 17.6 Å². The molecule has 1 aromatic carbocycles. The molecule has 2 amide bonds. The van der Waals surface area contributed by atoms with Crippen molar-refractivity contribution in [1.29, 1.82) is 0 Å². The summed E-state index contributed by atoms with van der Waals surface area (Å²) < 4.78 is 4.96. The van der Waals surface area contributed by atoms with Crippen LogP contribution in [0.3, 0.4) is 0 Å². The standard InChI is InChI=1S/C16H26N2O3/c1-4-12-7-6-8-15(14(12)5-2)18-16(20)17-13(11-19)9-10-21-3/h6-8,13,19H,4-5,9-11H2,1-3H3,(H2,17,18,20). The van der Waals surface area contributed by atoms with E-state index in [1.54, 1.807) is 7.11 Å². The van der Waals surface area contributed by atoms with Crippen LogP contribution in [0.4, 0.5) is 10.5 Å². The van der Waals surface area contributed by atoms with Crippen LogP contribution in [0.1, 0.15) is 31.4 Å². The normalized spacial score (nSPS) is 12.0. The number of anilines is 1. The second-order valence-electron chi connectivity index (χ2n) is 4.91. The number of rotatable bonds is 8.